The fourth-order valence-corrected chi connectivity index (χ4v) is 3.33. The molecule has 2 unspecified atom stereocenters. The van der Waals surface area contributed by atoms with Crippen molar-refractivity contribution in [2.45, 2.75) is 40.5 Å². The van der Waals surface area contributed by atoms with Crippen LogP contribution in [-0.2, 0) is 31.9 Å². The Bertz CT molecular complexity index is 782. The second kappa shape index (κ2) is 10.6. The van der Waals surface area contributed by atoms with E-state index in [1.807, 2.05) is 58.0 Å². The van der Waals surface area contributed by atoms with Gasteiger partial charge in [-0.15, -0.1) is 0 Å². The maximum Gasteiger partial charge on any atom is 0.308 e. The fraction of sp³-hybridized carbons (Fsp3) is 0.417. The Balaban J connectivity index is 2.41. The van der Waals surface area contributed by atoms with E-state index in [1.165, 1.54) is 0 Å². The van der Waals surface area contributed by atoms with Gasteiger partial charge in [-0.3, -0.25) is 9.59 Å². The molecule has 0 fully saturated rings. The van der Waals surface area contributed by atoms with Gasteiger partial charge in [0.05, 0.1) is 25.0 Å². The summed E-state index contributed by atoms with van der Waals surface area (Å²) in [5.41, 5.74) is 4.34. The van der Waals surface area contributed by atoms with E-state index in [0.717, 1.165) is 22.3 Å². The number of rotatable bonds is 9. The first kappa shape index (κ1) is 21.7. The lowest BCUT2D eigenvalue weighted by molar-refractivity contribution is -0.148. The van der Waals surface area contributed by atoms with E-state index >= 15 is 0 Å². The van der Waals surface area contributed by atoms with Gasteiger partial charge in [0.2, 0.25) is 0 Å². The number of ether oxygens (including phenoxy) is 2. The van der Waals surface area contributed by atoms with Crippen LogP contribution in [0.3, 0.4) is 0 Å². The number of carbonyl (C=O) groups excluding carboxylic acids is 2. The third-order valence-corrected chi connectivity index (χ3v) is 4.77. The third kappa shape index (κ3) is 5.69. The average Bonchev–Trinajstić information content (AvgIpc) is 2.70. The van der Waals surface area contributed by atoms with E-state index in [0.29, 0.717) is 26.1 Å². The Kier molecular flexibility index (Phi) is 8.24. The quantitative estimate of drug-likeness (QED) is 0.583. The molecule has 0 bridgehead atoms. The molecule has 4 nitrogen and oxygen atoms in total. The Labute approximate surface area is 167 Å². The molecular formula is C24H30O4. The highest BCUT2D eigenvalue weighted by Gasteiger charge is 2.22. The second-order valence-corrected chi connectivity index (χ2v) is 7.02. The summed E-state index contributed by atoms with van der Waals surface area (Å²) in [5, 5.41) is 0. The summed E-state index contributed by atoms with van der Waals surface area (Å²) in [7, 11) is 0. The number of hydrogen-bond acceptors (Lipinski definition) is 4. The Morgan fingerprint density at radius 2 is 1.36 bits per heavy atom. The molecule has 2 atom stereocenters. The van der Waals surface area contributed by atoms with Crippen molar-refractivity contribution in [2.24, 2.45) is 11.8 Å². The SMILES string of the molecule is CCOC(=O)C(C)Cc1cccc(-c2ccccc2)c1CC(C)C(=O)OCC. The minimum absolute atomic E-state index is 0.197. The maximum absolute atomic E-state index is 12.2. The van der Waals surface area contributed by atoms with E-state index in [9.17, 15) is 9.59 Å². The molecule has 0 aliphatic rings. The maximum atomic E-state index is 12.2. The molecular weight excluding hydrogens is 352 g/mol. The van der Waals surface area contributed by atoms with Crippen LogP contribution in [0, 0.1) is 11.8 Å². The van der Waals surface area contributed by atoms with Crippen molar-refractivity contribution in [2.75, 3.05) is 13.2 Å². The predicted octanol–water partition coefficient (Wildman–Crippen LogP) is 4.84. The Morgan fingerprint density at radius 1 is 0.786 bits per heavy atom. The van der Waals surface area contributed by atoms with Crippen molar-refractivity contribution in [1.29, 1.82) is 0 Å². The summed E-state index contributed by atoms with van der Waals surface area (Å²) in [5.74, 6) is -0.907. The zero-order valence-corrected chi connectivity index (χ0v) is 17.2. The molecule has 0 spiro atoms. The lowest BCUT2D eigenvalue weighted by Crippen LogP contribution is -2.20. The van der Waals surface area contributed by atoms with Gasteiger partial charge in [-0.05, 0) is 48.9 Å². The van der Waals surface area contributed by atoms with Gasteiger partial charge in [-0.25, -0.2) is 0 Å². The summed E-state index contributed by atoms with van der Waals surface area (Å²) >= 11 is 0. The van der Waals surface area contributed by atoms with Gasteiger partial charge in [0, 0.05) is 0 Å². The largest absolute Gasteiger partial charge is 0.466 e. The van der Waals surface area contributed by atoms with Crippen molar-refractivity contribution < 1.29 is 19.1 Å². The molecule has 4 heteroatoms. The molecule has 150 valence electrons. The molecule has 2 rings (SSSR count). The Hall–Kier alpha value is -2.62. The lowest BCUT2D eigenvalue weighted by Gasteiger charge is -2.20. The normalized spacial score (nSPS) is 12.9. The van der Waals surface area contributed by atoms with E-state index < -0.39 is 0 Å². The van der Waals surface area contributed by atoms with Crippen LogP contribution < -0.4 is 0 Å². The summed E-state index contributed by atoms with van der Waals surface area (Å²) in [4.78, 5) is 24.4. The van der Waals surface area contributed by atoms with Gasteiger partial charge in [0.15, 0.2) is 0 Å². The van der Waals surface area contributed by atoms with Crippen molar-refractivity contribution in [3.05, 3.63) is 59.7 Å². The highest BCUT2D eigenvalue weighted by atomic mass is 16.5. The monoisotopic (exact) mass is 382 g/mol. The van der Waals surface area contributed by atoms with E-state index in [2.05, 4.69) is 18.2 Å². The smallest absolute Gasteiger partial charge is 0.308 e. The average molecular weight is 383 g/mol. The molecule has 0 aliphatic heterocycles. The van der Waals surface area contributed by atoms with Crippen LogP contribution >= 0.6 is 0 Å². The molecule has 2 aromatic carbocycles. The van der Waals surface area contributed by atoms with E-state index in [-0.39, 0.29) is 23.8 Å². The summed E-state index contributed by atoms with van der Waals surface area (Å²) < 4.78 is 10.4. The number of carbonyl (C=O) groups is 2. The van der Waals surface area contributed by atoms with Crippen LogP contribution in [0.4, 0.5) is 0 Å². The summed E-state index contributed by atoms with van der Waals surface area (Å²) in [6.45, 7) is 8.14. The predicted molar refractivity (Wildman–Crippen MR) is 111 cm³/mol. The number of benzene rings is 2. The highest BCUT2D eigenvalue weighted by molar-refractivity contribution is 5.75. The molecule has 0 saturated heterocycles. The third-order valence-electron chi connectivity index (χ3n) is 4.77. The standard InChI is InChI=1S/C24H30O4/c1-5-27-23(25)17(3)15-20-13-10-14-21(19-11-8-7-9-12-19)22(20)16-18(4)24(26)28-6-2/h7-14,17-18H,5-6,15-16H2,1-4H3. The summed E-state index contributed by atoms with van der Waals surface area (Å²) in [6, 6.07) is 16.2. The first-order valence-corrected chi connectivity index (χ1v) is 9.97. The molecule has 0 amide bonds. The van der Waals surface area contributed by atoms with Gasteiger partial charge < -0.3 is 9.47 Å². The van der Waals surface area contributed by atoms with Crippen LogP contribution in [0.15, 0.2) is 48.5 Å². The van der Waals surface area contributed by atoms with E-state index in [4.69, 9.17) is 9.47 Å². The lowest BCUT2D eigenvalue weighted by atomic mass is 9.86. The molecule has 0 aromatic heterocycles. The topological polar surface area (TPSA) is 52.6 Å². The Morgan fingerprint density at radius 3 is 1.93 bits per heavy atom. The minimum Gasteiger partial charge on any atom is -0.466 e. The first-order chi connectivity index (χ1) is 13.5. The van der Waals surface area contributed by atoms with Crippen LogP contribution in [0.25, 0.3) is 11.1 Å². The minimum atomic E-state index is -0.263. The van der Waals surface area contributed by atoms with Crippen LogP contribution in [0.1, 0.15) is 38.8 Å². The molecule has 0 aliphatic carbocycles. The number of esters is 2. The zero-order valence-electron chi connectivity index (χ0n) is 17.2. The van der Waals surface area contributed by atoms with Gasteiger partial charge in [0.25, 0.3) is 0 Å². The van der Waals surface area contributed by atoms with Crippen LogP contribution in [0.2, 0.25) is 0 Å². The van der Waals surface area contributed by atoms with Crippen molar-refractivity contribution >= 4 is 11.9 Å². The second-order valence-electron chi connectivity index (χ2n) is 7.02. The van der Waals surface area contributed by atoms with Crippen molar-refractivity contribution in [1.82, 2.24) is 0 Å². The number of hydrogen-bond donors (Lipinski definition) is 0. The molecule has 0 heterocycles. The van der Waals surface area contributed by atoms with Crippen molar-refractivity contribution in [3.8, 4) is 11.1 Å². The highest BCUT2D eigenvalue weighted by Crippen LogP contribution is 2.30. The van der Waals surface area contributed by atoms with Gasteiger partial charge in [-0.2, -0.15) is 0 Å². The van der Waals surface area contributed by atoms with Crippen LogP contribution in [-0.4, -0.2) is 25.2 Å². The van der Waals surface area contributed by atoms with Crippen LogP contribution in [0.5, 0.6) is 0 Å². The summed E-state index contributed by atoms with van der Waals surface area (Å²) in [6.07, 6.45) is 1.14. The molecule has 28 heavy (non-hydrogen) atoms. The fourth-order valence-electron chi connectivity index (χ4n) is 3.33. The van der Waals surface area contributed by atoms with Crippen molar-refractivity contribution in [3.63, 3.8) is 0 Å². The first-order valence-electron chi connectivity index (χ1n) is 9.97. The zero-order chi connectivity index (χ0) is 20.5. The van der Waals surface area contributed by atoms with Gasteiger partial charge in [0.1, 0.15) is 0 Å². The van der Waals surface area contributed by atoms with E-state index in [1.54, 1.807) is 0 Å². The molecule has 0 radical (unpaired) electrons. The van der Waals surface area contributed by atoms with Gasteiger partial charge in [-0.1, -0.05) is 62.4 Å². The molecule has 2 aromatic rings. The molecule has 0 saturated carbocycles. The van der Waals surface area contributed by atoms with Gasteiger partial charge >= 0.3 is 11.9 Å². The molecule has 0 N–H and O–H groups in total.